The highest BCUT2D eigenvalue weighted by Crippen LogP contribution is 2.36. The van der Waals surface area contributed by atoms with Crippen molar-refractivity contribution in [3.8, 4) is 5.75 Å². The van der Waals surface area contributed by atoms with Crippen molar-refractivity contribution in [2.75, 3.05) is 42.5 Å². The molecule has 2 aliphatic rings. The third-order valence-electron chi connectivity index (χ3n) is 5.92. The van der Waals surface area contributed by atoms with E-state index in [9.17, 15) is 9.59 Å². The normalized spacial score (nSPS) is 16.9. The van der Waals surface area contributed by atoms with E-state index in [-0.39, 0.29) is 24.1 Å². The van der Waals surface area contributed by atoms with Gasteiger partial charge in [-0.2, -0.15) is 0 Å². The van der Waals surface area contributed by atoms with E-state index < -0.39 is 0 Å². The van der Waals surface area contributed by atoms with E-state index in [0.29, 0.717) is 37.6 Å². The van der Waals surface area contributed by atoms with Crippen molar-refractivity contribution in [2.24, 2.45) is 0 Å². The van der Waals surface area contributed by atoms with Gasteiger partial charge in [0, 0.05) is 36.8 Å². The Morgan fingerprint density at radius 2 is 1.71 bits per heavy atom. The zero-order valence-corrected chi connectivity index (χ0v) is 20.0. The fourth-order valence-electron chi connectivity index (χ4n) is 4.11. The van der Waals surface area contributed by atoms with Crippen LogP contribution >= 0.6 is 15.9 Å². The van der Waals surface area contributed by atoms with Crippen LogP contribution in [-0.2, 0) is 9.59 Å². The number of pyridine rings is 1. The predicted molar refractivity (Wildman–Crippen MR) is 135 cm³/mol. The smallest absolute Gasteiger partial charge is 0.294 e. The standard InChI is InChI=1S/C26H23BrN4O3/c27-20-8-2-1-7-19(20)17-23-26(33)31(21-9-3-4-10-22(21)34-23)18-25(32)30-15-13-29(14-16-30)24-11-5-6-12-28-24/h1-12,17H,13-16,18H2/b23-17+. The summed E-state index contributed by atoms with van der Waals surface area (Å²) < 4.78 is 6.79. The minimum Gasteiger partial charge on any atom is -0.449 e. The molecular weight excluding hydrogens is 496 g/mol. The molecule has 2 aliphatic heterocycles. The summed E-state index contributed by atoms with van der Waals surface area (Å²) in [5.74, 6) is 1.21. The van der Waals surface area contributed by atoms with E-state index in [2.05, 4.69) is 25.8 Å². The Morgan fingerprint density at radius 3 is 2.47 bits per heavy atom. The molecule has 0 unspecified atom stereocenters. The monoisotopic (exact) mass is 518 g/mol. The summed E-state index contributed by atoms with van der Waals surface area (Å²) in [7, 11) is 0. The Labute approximate surface area is 206 Å². The first kappa shape index (κ1) is 22.2. The lowest BCUT2D eigenvalue weighted by molar-refractivity contribution is -0.131. The van der Waals surface area contributed by atoms with Crippen LogP contribution in [0.15, 0.2) is 83.2 Å². The molecule has 0 saturated carbocycles. The number of hydrogen-bond acceptors (Lipinski definition) is 5. The van der Waals surface area contributed by atoms with E-state index in [0.717, 1.165) is 15.9 Å². The average Bonchev–Trinajstić information content (AvgIpc) is 2.88. The van der Waals surface area contributed by atoms with Gasteiger partial charge in [-0.05, 0) is 42.0 Å². The Kier molecular flexibility index (Phi) is 6.31. The molecule has 0 atom stereocenters. The first-order valence-corrected chi connectivity index (χ1v) is 11.9. The molecule has 0 bridgehead atoms. The van der Waals surface area contributed by atoms with E-state index in [1.807, 2.05) is 59.5 Å². The number of rotatable bonds is 4. The zero-order chi connectivity index (χ0) is 23.5. The van der Waals surface area contributed by atoms with Gasteiger partial charge in [-0.15, -0.1) is 0 Å². The lowest BCUT2D eigenvalue weighted by Crippen LogP contribution is -2.52. The van der Waals surface area contributed by atoms with E-state index in [4.69, 9.17) is 4.74 Å². The fourth-order valence-corrected chi connectivity index (χ4v) is 4.51. The van der Waals surface area contributed by atoms with Gasteiger partial charge in [-0.25, -0.2) is 4.98 Å². The van der Waals surface area contributed by atoms with Gasteiger partial charge in [0.15, 0.2) is 11.5 Å². The van der Waals surface area contributed by atoms with Crippen LogP contribution in [0.4, 0.5) is 11.5 Å². The third-order valence-corrected chi connectivity index (χ3v) is 6.64. The first-order chi connectivity index (χ1) is 16.6. The van der Waals surface area contributed by atoms with Crippen molar-refractivity contribution in [3.05, 3.63) is 88.7 Å². The summed E-state index contributed by atoms with van der Waals surface area (Å²) in [6.07, 6.45) is 3.47. The summed E-state index contributed by atoms with van der Waals surface area (Å²) in [4.78, 5) is 36.5. The predicted octanol–water partition coefficient (Wildman–Crippen LogP) is 3.96. The molecule has 0 N–H and O–H groups in total. The highest BCUT2D eigenvalue weighted by atomic mass is 79.9. The third kappa shape index (κ3) is 4.54. The minimum absolute atomic E-state index is 0.0455. The molecule has 7 nitrogen and oxygen atoms in total. The second-order valence-corrected chi connectivity index (χ2v) is 8.90. The van der Waals surface area contributed by atoms with Gasteiger partial charge < -0.3 is 14.5 Å². The molecule has 1 fully saturated rings. The summed E-state index contributed by atoms with van der Waals surface area (Å²) in [6.45, 7) is 2.51. The van der Waals surface area contributed by atoms with Gasteiger partial charge in [0.2, 0.25) is 5.91 Å². The Balaban J connectivity index is 1.33. The van der Waals surface area contributed by atoms with Gasteiger partial charge in [-0.1, -0.05) is 52.3 Å². The van der Waals surface area contributed by atoms with Crippen molar-refractivity contribution in [3.63, 3.8) is 0 Å². The number of halogens is 1. The molecule has 0 aliphatic carbocycles. The molecule has 3 heterocycles. The lowest BCUT2D eigenvalue weighted by Gasteiger charge is -2.37. The number of amides is 2. The number of nitrogens with zero attached hydrogens (tertiary/aromatic N) is 4. The maximum absolute atomic E-state index is 13.4. The van der Waals surface area contributed by atoms with Crippen molar-refractivity contribution >= 4 is 45.3 Å². The average molecular weight is 519 g/mol. The number of aromatic nitrogens is 1. The number of carbonyl (C=O) groups excluding carboxylic acids is 2. The molecule has 0 spiro atoms. The molecule has 172 valence electrons. The van der Waals surface area contributed by atoms with Gasteiger partial charge in [0.05, 0.1) is 5.69 Å². The van der Waals surface area contributed by atoms with Gasteiger partial charge in [-0.3, -0.25) is 14.5 Å². The van der Waals surface area contributed by atoms with Gasteiger partial charge in [0.1, 0.15) is 12.4 Å². The highest BCUT2D eigenvalue weighted by Gasteiger charge is 2.33. The number of ether oxygens (including phenoxy) is 1. The van der Waals surface area contributed by atoms with Crippen molar-refractivity contribution in [1.29, 1.82) is 0 Å². The number of piperazine rings is 1. The van der Waals surface area contributed by atoms with Crippen molar-refractivity contribution in [1.82, 2.24) is 9.88 Å². The summed E-state index contributed by atoms with van der Waals surface area (Å²) in [6, 6.07) is 20.7. The summed E-state index contributed by atoms with van der Waals surface area (Å²) in [5.41, 5.74) is 1.42. The number of para-hydroxylation sites is 2. The fraction of sp³-hybridized carbons (Fsp3) is 0.192. The molecular formula is C26H23BrN4O3. The number of anilines is 2. The summed E-state index contributed by atoms with van der Waals surface area (Å²) in [5, 5.41) is 0. The number of carbonyl (C=O) groups is 2. The van der Waals surface area contributed by atoms with Crippen LogP contribution in [0.2, 0.25) is 0 Å². The molecule has 1 aromatic heterocycles. The Morgan fingerprint density at radius 1 is 0.971 bits per heavy atom. The molecule has 0 radical (unpaired) electrons. The molecule has 8 heteroatoms. The lowest BCUT2D eigenvalue weighted by atomic mass is 10.1. The minimum atomic E-state index is -0.338. The van der Waals surface area contributed by atoms with Crippen LogP contribution in [0, 0.1) is 0 Å². The molecule has 1 saturated heterocycles. The van der Waals surface area contributed by atoms with Crippen LogP contribution in [0.3, 0.4) is 0 Å². The molecule has 5 rings (SSSR count). The Hall–Kier alpha value is -3.65. The number of fused-ring (bicyclic) bond motifs is 1. The van der Waals surface area contributed by atoms with Gasteiger partial charge in [0.25, 0.3) is 5.91 Å². The van der Waals surface area contributed by atoms with Crippen LogP contribution in [0.25, 0.3) is 6.08 Å². The van der Waals surface area contributed by atoms with Crippen molar-refractivity contribution < 1.29 is 14.3 Å². The van der Waals surface area contributed by atoms with E-state index in [1.165, 1.54) is 4.90 Å². The molecule has 2 amide bonds. The van der Waals surface area contributed by atoms with Gasteiger partial charge >= 0.3 is 0 Å². The maximum Gasteiger partial charge on any atom is 0.294 e. The van der Waals surface area contributed by atoms with Crippen molar-refractivity contribution in [2.45, 2.75) is 0 Å². The van der Waals surface area contributed by atoms with Crippen LogP contribution in [-0.4, -0.2) is 54.4 Å². The number of benzene rings is 2. The quantitative estimate of drug-likeness (QED) is 0.489. The van der Waals surface area contributed by atoms with Crippen LogP contribution in [0.1, 0.15) is 5.56 Å². The maximum atomic E-state index is 13.4. The zero-order valence-electron chi connectivity index (χ0n) is 18.4. The van der Waals surface area contributed by atoms with Crippen LogP contribution < -0.4 is 14.5 Å². The largest absolute Gasteiger partial charge is 0.449 e. The summed E-state index contributed by atoms with van der Waals surface area (Å²) >= 11 is 3.51. The molecule has 34 heavy (non-hydrogen) atoms. The van der Waals surface area contributed by atoms with E-state index >= 15 is 0 Å². The second kappa shape index (κ2) is 9.69. The van der Waals surface area contributed by atoms with E-state index in [1.54, 1.807) is 24.4 Å². The number of hydrogen-bond donors (Lipinski definition) is 0. The molecule has 2 aromatic carbocycles. The van der Waals surface area contributed by atoms with Crippen LogP contribution in [0.5, 0.6) is 5.75 Å². The highest BCUT2D eigenvalue weighted by molar-refractivity contribution is 9.10. The first-order valence-electron chi connectivity index (χ1n) is 11.1. The SMILES string of the molecule is O=C(CN1C(=O)/C(=C\c2ccccc2Br)Oc2ccccc21)N1CCN(c2ccccn2)CC1. The second-order valence-electron chi connectivity index (χ2n) is 8.05. The Bertz CT molecular complexity index is 1240. The topological polar surface area (TPSA) is 66.0 Å². The molecule has 3 aromatic rings.